The van der Waals surface area contributed by atoms with Gasteiger partial charge in [0, 0.05) is 16.3 Å². The lowest BCUT2D eigenvalue weighted by atomic mass is 10.2. The van der Waals surface area contributed by atoms with Crippen LogP contribution >= 0.6 is 23.5 Å². The molecule has 0 aliphatic heterocycles. The summed E-state index contributed by atoms with van der Waals surface area (Å²) in [6, 6.07) is 6.20. The zero-order valence-electron chi connectivity index (χ0n) is 9.55. The van der Waals surface area contributed by atoms with Gasteiger partial charge in [-0.25, -0.2) is 4.98 Å². The molecule has 0 aliphatic carbocycles. The molecule has 90 valence electrons. The van der Waals surface area contributed by atoms with Crippen molar-refractivity contribution in [3.8, 4) is 0 Å². The Kier molecular flexibility index (Phi) is 4.53. The molecule has 1 aromatic carbocycles. The van der Waals surface area contributed by atoms with E-state index in [1.165, 1.54) is 22.2 Å². The first kappa shape index (κ1) is 12.5. The van der Waals surface area contributed by atoms with Gasteiger partial charge in [0.1, 0.15) is 6.26 Å². The Morgan fingerprint density at radius 3 is 2.82 bits per heavy atom. The predicted octanol–water partition coefficient (Wildman–Crippen LogP) is 3.40. The van der Waals surface area contributed by atoms with Crippen molar-refractivity contribution in [2.45, 2.75) is 28.5 Å². The molecule has 0 amide bonds. The second-order valence-electron chi connectivity index (χ2n) is 3.27. The lowest BCUT2D eigenvalue weighted by molar-refractivity contribution is 0.454. The molecule has 0 aliphatic rings. The van der Waals surface area contributed by atoms with Gasteiger partial charge < -0.3 is 10.2 Å². The lowest BCUT2D eigenvalue weighted by Crippen LogP contribution is -2.00. The third-order valence-electron chi connectivity index (χ3n) is 2.20. The number of nitrogens with two attached hydrogens (primary N) is 1. The molecule has 0 atom stereocenters. The van der Waals surface area contributed by atoms with E-state index < -0.39 is 0 Å². The number of benzene rings is 1. The number of thioether (sulfide) groups is 1. The zero-order chi connectivity index (χ0) is 12.1. The Bertz CT molecular complexity index is 471. The second-order valence-corrected chi connectivity index (χ2v) is 5.57. The van der Waals surface area contributed by atoms with E-state index in [0.29, 0.717) is 11.8 Å². The standard InChI is InChI=1S/C12H14N2OS2/c1-2-16-10-4-3-5-11(9(10)8-13)17-12-14-6-7-15-12/h3-7H,2,8,13H2,1H3. The highest BCUT2D eigenvalue weighted by Crippen LogP contribution is 2.34. The van der Waals surface area contributed by atoms with Gasteiger partial charge in [0.25, 0.3) is 5.22 Å². The first-order valence-corrected chi connectivity index (χ1v) is 7.17. The Morgan fingerprint density at radius 1 is 1.35 bits per heavy atom. The summed E-state index contributed by atoms with van der Waals surface area (Å²) in [4.78, 5) is 6.47. The Balaban J connectivity index is 2.29. The highest BCUT2D eigenvalue weighted by Gasteiger charge is 2.10. The normalized spacial score (nSPS) is 10.7. The topological polar surface area (TPSA) is 52.0 Å². The summed E-state index contributed by atoms with van der Waals surface area (Å²) in [5.74, 6) is 1.04. The van der Waals surface area contributed by atoms with Crippen LogP contribution in [0.4, 0.5) is 0 Å². The number of nitrogens with zero attached hydrogens (tertiary/aromatic N) is 1. The van der Waals surface area contributed by atoms with Crippen LogP contribution in [0.1, 0.15) is 12.5 Å². The summed E-state index contributed by atoms with van der Waals surface area (Å²) in [6.07, 6.45) is 3.23. The van der Waals surface area contributed by atoms with Crippen LogP contribution in [0, 0.1) is 0 Å². The molecule has 0 bridgehead atoms. The maximum absolute atomic E-state index is 5.83. The Morgan fingerprint density at radius 2 is 2.18 bits per heavy atom. The van der Waals surface area contributed by atoms with Gasteiger partial charge in [-0.05, 0) is 35.2 Å². The van der Waals surface area contributed by atoms with Crippen molar-refractivity contribution in [1.29, 1.82) is 0 Å². The van der Waals surface area contributed by atoms with E-state index in [-0.39, 0.29) is 0 Å². The first-order valence-electron chi connectivity index (χ1n) is 5.37. The molecule has 0 unspecified atom stereocenters. The molecule has 0 spiro atoms. The van der Waals surface area contributed by atoms with Gasteiger partial charge in [-0.2, -0.15) is 0 Å². The summed E-state index contributed by atoms with van der Waals surface area (Å²) in [5.41, 5.74) is 7.00. The monoisotopic (exact) mass is 266 g/mol. The molecule has 2 N–H and O–H groups in total. The van der Waals surface area contributed by atoms with Crippen molar-refractivity contribution in [3.05, 3.63) is 36.2 Å². The van der Waals surface area contributed by atoms with Crippen molar-refractivity contribution < 1.29 is 4.42 Å². The van der Waals surface area contributed by atoms with Crippen LogP contribution in [0.5, 0.6) is 0 Å². The van der Waals surface area contributed by atoms with Crippen molar-refractivity contribution in [1.82, 2.24) is 4.98 Å². The molecule has 1 aromatic heterocycles. The maximum Gasteiger partial charge on any atom is 0.260 e. The van der Waals surface area contributed by atoms with Gasteiger partial charge in [0.2, 0.25) is 0 Å². The number of hydrogen-bond donors (Lipinski definition) is 1. The first-order chi connectivity index (χ1) is 8.35. The van der Waals surface area contributed by atoms with Gasteiger partial charge in [-0.1, -0.05) is 13.0 Å². The molecular formula is C12H14N2OS2. The molecule has 2 rings (SSSR count). The van der Waals surface area contributed by atoms with Crippen LogP contribution in [0.15, 0.2) is 50.1 Å². The second kappa shape index (κ2) is 6.14. The van der Waals surface area contributed by atoms with Crippen LogP contribution in [-0.4, -0.2) is 10.7 Å². The van der Waals surface area contributed by atoms with Gasteiger partial charge >= 0.3 is 0 Å². The predicted molar refractivity (Wildman–Crippen MR) is 71.4 cm³/mol. The molecule has 0 saturated carbocycles. The van der Waals surface area contributed by atoms with Crippen LogP contribution in [0.2, 0.25) is 0 Å². The molecular weight excluding hydrogens is 252 g/mol. The minimum Gasteiger partial charge on any atom is -0.440 e. The van der Waals surface area contributed by atoms with Crippen LogP contribution in [-0.2, 0) is 6.54 Å². The van der Waals surface area contributed by atoms with Gasteiger partial charge in [-0.15, -0.1) is 11.8 Å². The molecule has 0 saturated heterocycles. The fraction of sp³-hybridized carbons (Fsp3) is 0.250. The summed E-state index contributed by atoms with van der Waals surface area (Å²) in [7, 11) is 0. The van der Waals surface area contributed by atoms with E-state index in [4.69, 9.17) is 10.2 Å². The Hall–Kier alpha value is -0.910. The molecule has 17 heavy (non-hydrogen) atoms. The quantitative estimate of drug-likeness (QED) is 0.841. The number of aromatic nitrogens is 1. The molecule has 0 radical (unpaired) electrons. The van der Waals surface area contributed by atoms with E-state index in [2.05, 4.69) is 24.0 Å². The van der Waals surface area contributed by atoms with E-state index in [1.807, 2.05) is 17.8 Å². The van der Waals surface area contributed by atoms with Crippen LogP contribution in [0.3, 0.4) is 0 Å². The highest BCUT2D eigenvalue weighted by atomic mass is 32.2. The third-order valence-corrected chi connectivity index (χ3v) is 4.16. The molecule has 1 heterocycles. The van der Waals surface area contributed by atoms with Crippen LogP contribution < -0.4 is 5.73 Å². The minimum absolute atomic E-state index is 0.534. The molecule has 2 aromatic rings. The van der Waals surface area contributed by atoms with Gasteiger partial charge in [-0.3, -0.25) is 0 Å². The van der Waals surface area contributed by atoms with Crippen molar-refractivity contribution >= 4 is 23.5 Å². The molecule has 0 fully saturated rings. The smallest absolute Gasteiger partial charge is 0.260 e. The zero-order valence-corrected chi connectivity index (χ0v) is 11.2. The summed E-state index contributed by atoms with van der Waals surface area (Å²) >= 11 is 3.32. The minimum atomic E-state index is 0.534. The van der Waals surface area contributed by atoms with E-state index in [1.54, 1.807) is 12.5 Å². The van der Waals surface area contributed by atoms with Crippen LogP contribution in [0.25, 0.3) is 0 Å². The summed E-state index contributed by atoms with van der Waals surface area (Å²) < 4.78 is 5.24. The number of rotatable bonds is 5. The van der Waals surface area contributed by atoms with E-state index >= 15 is 0 Å². The fourth-order valence-electron chi connectivity index (χ4n) is 1.49. The van der Waals surface area contributed by atoms with Gasteiger partial charge in [0.15, 0.2) is 0 Å². The summed E-state index contributed by atoms with van der Waals surface area (Å²) in [5, 5.41) is 0.651. The molecule has 3 nitrogen and oxygen atoms in total. The average molecular weight is 266 g/mol. The Labute approximate surface area is 109 Å². The number of oxazole rings is 1. The van der Waals surface area contributed by atoms with Crippen molar-refractivity contribution in [2.75, 3.05) is 5.75 Å². The average Bonchev–Trinajstić information content (AvgIpc) is 2.83. The summed E-state index contributed by atoms with van der Waals surface area (Å²) in [6.45, 7) is 2.67. The highest BCUT2D eigenvalue weighted by molar-refractivity contribution is 8.00. The maximum atomic E-state index is 5.83. The molecule has 5 heteroatoms. The fourth-order valence-corrected chi connectivity index (χ4v) is 3.27. The van der Waals surface area contributed by atoms with E-state index in [0.717, 1.165) is 10.6 Å². The van der Waals surface area contributed by atoms with Crippen molar-refractivity contribution in [3.63, 3.8) is 0 Å². The van der Waals surface area contributed by atoms with Gasteiger partial charge in [0.05, 0.1) is 6.20 Å². The largest absolute Gasteiger partial charge is 0.440 e. The lowest BCUT2D eigenvalue weighted by Gasteiger charge is -2.10. The number of hydrogen-bond acceptors (Lipinski definition) is 5. The van der Waals surface area contributed by atoms with Crippen molar-refractivity contribution in [2.24, 2.45) is 5.73 Å². The van der Waals surface area contributed by atoms with E-state index in [9.17, 15) is 0 Å². The third kappa shape index (κ3) is 3.06. The SMILES string of the molecule is CCSc1cccc(Sc2ncco2)c1CN.